The van der Waals surface area contributed by atoms with Crippen molar-refractivity contribution >= 4 is 41.3 Å². The summed E-state index contributed by atoms with van der Waals surface area (Å²) in [6.07, 6.45) is 1.34. The van der Waals surface area contributed by atoms with E-state index in [4.69, 9.17) is 0 Å². The van der Waals surface area contributed by atoms with Crippen LogP contribution in [0.3, 0.4) is 0 Å². The molecule has 2 heterocycles. The van der Waals surface area contributed by atoms with Gasteiger partial charge in [-0.25, -0.2) is 4.99 Å². The Labute approximate surface area is 179 Å². The van der Waals surface area contributed by atoms with Crippen LogP contribution < -0.4 is 10.6 Å². The molecule has 0 radical (unpaired) electrons. The molecule has 7 heteroatoms. The van der Waals surface area contributed by atoms with E-state index < -0.39 is 5.60 Å². The molecular formula is C19H35IN4OS. The fourth-order valence-corrected chi connectivity index (χ4v) is 4.33. The molecule has 3 unspecified atom stereocenters. The van der Waals surface area contributed by atoms with Gasteiger partial charge in [0.1, 0.15) is 5.60 Å². The van der Waals surface area contributed by atoms with Crippen LogP contribution >= 0.6 is 35.3 Å². The monoisotopic (exact) mass is 494 g/mol. The summed E-state index contributed by atoms with van der Waals surface area (Å²) < 4.78 is 0. The zero-order chi connectivity index (χ0) is 18.3. The molecule has 0 spiro atoms. The third-order valence-electron chi connectivity index (χ3n) is 4.70. The van der Waals surface area contributed by atoms with Gasteiger partial charge in [0.15, 0.2) is 5.96 Å². The molecule has 1 aromatic rings. The lowest BCUT2D eigenvalue weighted by Crippen LogP contribution is -2.45. The normalized spacial score (nSPS) is 23.8. The maximum atomic E-state index is 10.6. The second kappa shape index (κ2) is 11.5. The van der Waals surface area contributed by atoms with Crippen molar-refractivity contribution in [3.05, 3.63) is 22.4 Å². The van der Waals surface area contributed by atoms with Crippen LogP contribution in [0.15, 0.2) is 21.8 Å². The molecule has 2 rings (SSSR count). The number of halogens is 1. The first kappa shape index (κ1) is 23.7. The summed E-state index contributed by atoms with van der Waals surface area (Å²) in [5.41, 5.74) is -0.00604. The lowest BCUT2D eigenvalue weighted by molar-refractivity contribution is 0.0677. The Morgan fingerprint density at radius 3 is 2.62 bits per heavy atom. The molecule has 0 bridgehead atoms. The highest BCUT2D eigenvalue weighted by molar-refractivity contribution is 14.0. The van der Waals surface area contributed by atoms with E-state index in [9.17, 15) is 5.11 Å². The molecule has 0 saturated carbocycles. The Morgan fingerprint density at radius 2 is 2.04 bits per heavy atom. The van der Waals surface area contributed by atoms with Crippen LogP contribution in [0.1, 0.15) is 39.7 Å². The average molecular weight is 494 g/mol. The number of hydrogen-bond acceptors (Lipinski definition) is 4. The molecule has 3 atom stereocenters. The summed E-state index contributed by atoms with van der Waals surface area (Å²) >= 11 is 1.60. The third kappa shape index (κ3) is 7.70. The van der Waals surface area contributed by atoms with E-state index in [0.29, 0.717) is 6.54 Å². The molecule has 1 aliphatic heterocycles. The van der Waals surface area contributed by atoms with Crippen molar-refractivity contribution in [3.63, 3.8) is 0 Å². The van der Waals surface area contributed by atoms with Gasteiger partial charge in [-0.2, -0.15) is 11.3 Å². The molecule has 1 fully saturated rings. The van der Waals surface area contributed by atoms with Gasteiger partial charge in [-0.15, -0.1) is 24.0 Å². The number of aliphatic hydroxyl groups is 1. The van der Waals surface area contributed by atoms with Crippen molar-refractivity contribution in [1.29, 1.82) is 0 Å². The summed E-state index contributed by atoms with van der Waals surface area (Å²) in [4.78, 5) is 7.12. The largest absolute Gasteiger partial charge is 0.383 e. The molecule has 150 valence electrons. The predicted octanol–water partition coefficient (Wildman–Crippen LogP) is 3.11. The Hall–Kier alpha value is -0.380. The van der Waals surface area contributed by atoms with E-state index in [2.05, 4.69) is 41.3 Å². The number of nitrogens with zero attached hydrogens (tertiary/aromatic N) is 2. The summed E-state index contributed by atoms with van der Waals surface area (Å²) in [5.74, 6) is 2.34. The van der Waals surface area contributed by atoms with Crippen LogP contribution in [-0.2, 0) is 5.60 Å². The molecule has 1 aromatic heterocycles. The molecule has 3 N–H and O–H groups in total. The fourth-order valence-electron chi connectivity index (χ4n) is 3.54. The smallest absolute Gasteiger partial charge is 0.191 e. The number of aliphatic imine (C=N–C) groups is 1. The van der Waals surface area contributed by atoms with Crippen molar-refractivity contribution in [3.8, 4) is 0 Å². The van der Waals surface area contributed by atoms with Gasteiger partial charge in [-0.1, -0.05) is 13.8 Å². The average Bonchev–Trinajstić information content (AvgIpc) is 3.07. The molecule has 0 aliphatic carbocycles. The van der Waals surface area contributed by atoms with Crippen LogP contribution in [0.2, 0.25) is 0 Å². The van der Waals surface area contributed by atoms with E-state index in [1.807, 2.05) is 23.8 Å². The lowest BCUT2D eigenvalue weighted by Gasteiger charge is -2.35. The van der Waals surface area contributed by atoms with Gasteiger partial charge in [0.05, 0.1) is 6.54 Å². The van der Waals surface area contributed by atoms with E-state index in [0.717, 1.165) is 43.0 Å². The van der Waals surface area contributed by atoms with Crippen molar-refractivity contribution in [2.24, 2.45) is 16.8 Å². The zero-order valence-corrected chi connectivity index (χ0v) is 19.6. The second-order valence-corrected chi connectivity index (χ2v) is 8.39. The van der Waals surface area contributed by atoms with Crippen LogP contribution in [0, 0.1) is 11.8 Å². The predicted molar refractivity (Wildman–Crippen MR) is 123 cm³/mol. The third-order valence-corrected chi connectivity index (χ3v) is 5.38. The van der Waals surface area contributed by atoms with Gasteiger partial charge in [-0.3, -0.25) is 0 Å². The number of likely N-dealkylation sites (tertiary alicyclic amines) is 1. The minimum atomic E-state index is -0.930. The Kier molecular flexibility index (Phi) is 10.4. The first-order valence-electron chi connectivity index (χ1n) is 9.40. The highest BCUT2D eigenvalue weighted by Crippen LogP contribution is 2.23. The van der Waals surface area contributed by atoms with Crippen LogP contribution in [0.25, 0.3) is 0 Å². The first-order chi connectivity index (χ1) is 11.9. The maximum absolute atomic E-state index is 10.6. The number of thiophene rings is 1. The summed E-state index contributed by atoms with van der Waals surface area (Å²) in [6.45, 7) is 14.0. The molecular weight excluding hydrogens is 459 g/mol. The quantitative estimate of drug-likeness (QED) is 0.310. The molecule has 1 aliphatic rings. The van der Waals surface area contributed by atoms with Crippen molar-refractivity contribution in [2.45, 2.75) is 39.7 Å². The molecule has 1 saturated heterocycles. The zero-order valence-electron chi connectivity index (χ0n) is 16.5. The van der Waals surface area contributed by atoms with E-state index in [1.165, 1.54) is 19.5 Å². The SMILES string of the molecule is CCNC(=NCC(C)(O)c1ccsc1)NCCN1CC(C)CC(C)C1.I. The van der Waals surface area contributed by atoms with Gasteiger partial charge in [0, 0.05) is 32.7 Å². The Morgan fingerprint density at radius 1 is 1.35 bits per heavy atom. The fraction of sp³-hybridized carbons (Fsp3) is 0.737. The Bertz CT molecular complexity index is 526. The van der Waals surface area contributed by atoms with Crippen molar-refractivity contribution < 1.29 is 5.11 Å². The van der Waals surface area contributed by atoms with E-state index in [1.54, 1.807) is 11.3 Å². The minimum Gasteiger partial charge on any atom is -0.383 e. The number of hydrogen-bond donors (Lipinski definition) is 3. The van der Waals surface area contributed by atoms with Crippen molar-refractivity contribution in [2.75, 3.05) is 39.3 Å². The topological polar surface area (TPSA) is 59.9 Å². The minimum absolute atomic E-state index is 0. The number of piperidine rings is 1. The van der Waals surface area contributed by atoms with Crippen LogP contribution in [0.5, 0.6) is 0 Å². The van der Waals surface area contributed by atoms with Gasteiger partial charge < -0.3 is 20.6 Å². The summed E-state index contributed by atoms with van der Waals surface area (Å²) in [5, 5.41) is 21.3. The standard InChI is InChI=1S/C19H34N4OS.HI/c1-5-20-18(22-14-19(4,24)17-6-9-25-13-17)21-7-8-23-11-15(2)10-16(3)12-23;/h6,9,13,15-16,24H,5,7-8,10-12,14H2,1-4H3,(H2,20,21,22);1H. The van der Waals surface area contributed by atoms with Crippen molar-refractivity contribution in [1.82, 2.24) is 15.5 Å². The highest BCUT2D eigenvalue weighted by atomic mass is 127. The molecule has 0 aromatic carbocycles. The first-order valence-corrected chi connectivity index (χ1v) is 10.3. The Balaban J connectivity index is 0.00000338. The summed E-state index contributed by atoms with van der Waals surface area (Å²) in [7, 11) is 0. The maximum Gasteiger partial charge on any atom is 0.191 e. The van der Waals surface area contributed by atoms with Crippen LogP contribution in [-0.4, -0.2) is 55.2 Å². The molecule has 0 amide bonds. The number of rotatable bonds is 7. The van der Waals surface area contributed by atoms with Gasteiger partial charge in [0.25, 0.3) is 0 Å². The summed E-state index contributed by atoms with van der Waals surface area (Å²) in [6, 6.07) is 1.96. The lowest BCUT2D eigenvalue weighted by atomic mass is 9.92. The second-order valence-electron chi connectivity index (χ2n) is 7.61. The van der Waals surface area contributed by atoms with Gasteiger partial charge in [-0.05, 0) is 54.5 Å². The molecule has 5 nitrogen and oxygen atoms in total. The van der Waals surface area contributed by atoms with Gasteiger partial charge >= 0.3 is 0 Å². The molecule has 26 heavy (non-hydrogen) atoms. The van der Waals surface area contributed by atoms with Crippen LogP contribution in [0.4, 0.5) is 0 Å². The number of nitrogens with one attached hydrogen (secondary N) is 2. The number of guanidine groups is 1. The van der Waals surface area contributed by atoms with Gasteiger partial charge in [0.2, 0.25) is 0 Å². The van der Waals surface area contributed by atoms with E-state index >= 15 is 0 Å². The van der Waals surface area contributed by atoms with E-state index in [-0.39, 0.29) is 24.0 Å². The highest BCUT2D eigenvalue weighted by Gasteiger charge is 2.23.